The lowest BCUT2D eigenvalue weighted by Crippen LogP contribution is -1.98. The summed E-state index contributed by atoms with van der Waals surface area (Å²) in [6.45, 7) is 2.08. The van der Waals surface area contributed by atoms with Crippen molar-refractivity contribution in [2.45, 2.75) is 25.7 Å². The molecule has 2 nitrogen and oxygen atoms in total. The van der Waals surface area contributed by atoms with E-state index in [0.717, 1.165) is 24.0 Å². The molecule has 0 fully saturated rings. The Morgan fingerprint density at radius 3 is 2.85 bits per heavy atom. The molecule has 13 heavy (non-hydrogen) atoms. The van der Waals surface area contributed by atoms with E-state index in [1.807, 2.05) is 24.3 Å². The summed E-state index contributed by atoms with van der Waals surface area (Å²) in [5.74, 6) is 0.320. The van der Waals surface area contributed by atoms with Gasteiger partial charge in [0.2, 0.25) is 0 Å². The molecule has 0 bridgehead atoms. The second kappa shape index (κ2) is 4.65. The third-order valence-corrected chi connectivity index (χ3v) is 2.26. The molecule has 1 aromatic carbocycles. The Morgan fingerprint density at radius 1 is 1.54 bits per heavy atom. The van der Waals surface area contributed by atoms with Crippen LogP contribution in [0.1, 0.15) is 31.2 Å². The standard InChI is InChI=1S/C11H15NO/c1-2-9(6-7-13)10-4-3-5-11(12)8-10/h3-5,7-9H,2,6,12H2,1H3. The van der Waals surface area contributed by atoms with Gasteiger partial charge in [0.05, 0.1) is 0 Å². The Morgan fingerprint density at radius 2 is 2.31 bits per heavy atom. The van der Waals surface area contributed by atoms with Gasteiger partial charge in [-0.05, 0) is 30.0 Å². The third kappa shape index (κ3) is 2.58. The van der Waals surface area contributed by atoms with E-state index in [1.54, 1.807) is 0 Å². The Kier molecular flexibility index (Phi) is 3.50. The van der Waals surface area contributed by atoms with Crippen LogP contribution in [0.25, 0.3) is 0 Å². The normalized spacial score (nSPS) is 12.4. The third-order valence-electron chi connectivity index (χ3n) is 2.26. The molecule has 0 saturated heterocycles. The summed E-state index contributed by atoms with van der Waals surface area (Å²) in [4.78, 5) is 10.4. The first kappa shape index (κ1) is 9.78. The van der Waals surface area contributed by atoms with Crippen LogP contribution in [0.15, 0.2) is 24.3 Å². The van der Waals surface area contributed by atoms with Crippen molar-refractivity contribution in [3.05, 3.63) is 29.8 Å². The first-order valence-corrected chi connectivity index (χ1v) is 4.57. The van der Waals surface area contributed by atoms with E-state index in [-0.39, 0.29) is 0 Å². The summed E-state index contributed by atoms with van der Waals surface area (Å²) in [5, 5.41) is 0. The Balaban J connectivity index is 2.84. The van der Waals surface area contributed by atoms with Crippen molar-refractivity contribution in [1.29, 1.82) is 0 Å². The summed E-state index contributed by atoms with van der Waals surface area (Å²) in [7, 11) is 0. The number of hydrogen-bond acceptors (Lipinski definition) is 2. The van der Waals surface area contributed by atoms with E-state index in [0.29, 0.717) is 12.3 Å². The van der Waals surface area contributed by atoms with E-state index >= 15 is 0 Å². The molecule has 2 heteroatoms. The molecule has 70 valence electrons. The maximum absolute atomic E-state index is 10.4. The molecule has 0 saturated carbocycles. The van der Waals surface area contributed by atoms with E-state index in [1.165, 1.54) is 0 Å². The fraction of sp³-hybridized carbons (Fsp3) is 0.364. The SMILES string of the molecule is CCC(CC=O)c1cccc(N)c1. The number of nitrogen functional groups attached to an aromatic ring is 1. The molecule has 0 aliphatic rings. The fourth-order valence-corrected chi connectivity index (χ4v) is 1.47. The summed E-state index contributed by atoms with van der Waals surface area (Å²) in [6, 6.07) is 7.75. The largest absolute Gasteiger partial charge is 0.399 e. The highest BCUT2D eigenvalue weighted by Crippen LogP contribution is 2.23. The first-order valence-electron chi connectivity index (χ1n) is 4.57. The van der Waals surface area contributed by atoms with Crippen LogP contribution in [0.2, 0.25) is 0 Å². The molecule has 0 amide bonds. The molecule has 1 aromatic rings. The van der Waals surface area contributed by atoms with Crippen LogP contribution in [0.4, 0.5) is 5.69 Å². The van der Waals surface area contributed by atoms with Crippen molar-refractivity contribution in [3.63, 3.8) is 0 Å². The molecule has 0 heterocycles. The van der Waals surface area contributed by atoms with Crippen LogP contribution in [-0.4, -0.2) is 6.29 Å². The highest BCUT2D eigenvalue weighted by molar-refractivity contribution is 5.52. The zero-order valence-electron chi connectivity index (χ0n) is 7.86. The van der Waals surface area contributed by atoms with Crippen LogP contribution >= 0.6 is 0 Å². The number of nitrogens with two attached hydrogens (primary N) is 1. The predicted octanol–water partition coefficient (Wildman–Crippen LogP) is 2.35. The van der Waals surface area contributed by atoms with Gasteiger partial charge in [-0.15, -0.1) is 0 Å². The molecular weight excluding hydrogens is 162 g/mol. The zero-order chi connectivity index (χ0) is 9.68. The maximum Gasteiger partial charge on any atom is 0.120 e. The maximum atomic E-state index is 10.4. The van der Waals surface area contributed by atoms with E-state index < -0.39 is 0 Å². The fourth-order valence-electron chi connectivity index (χ4n) is 1.47. The number of aldehydes is 1. The van der Waals surface area contributed by atoms with Gasteiger partial charge in [0.15, 0.2) is 0 Å². The van der Waals surface area contributed by atoms with Crippen LogP contribution in [-0.2, 0) is 4.79 Å². The second-order valence-electron chi connectivity index (χ2n) is 3.18. The van der Waals surface area contributed by atoms with Crippen LogP contribution < -0.4 is 5.73 Å². The van der Waals surface area contributed by atoms with Crippen LogP contribution in [0, 0.1) is 0 Å². The van der Waals surface area contributed by atoms with E-state index in [2.05, 4.69) is 6.92 Å². The van der Waals surface area contributed by atoms with Gasteiger partial charge < -0.3 is 10.5 Å². The minimum absolute atomic E-state index is 0.320. The molecule has 0 radical (unpaired) electrons. The number of carbonyl (C=O) groups excluding carboxylic acids is 1. The van der Waals surface area contributed by atoms with Crippen molar-refractivity contribution >= 4 is 12.0 Å². The summed E-state index contributed by atoms with van der Waals surface area (Å²) in [5.41, 5.74) is 7.59. The quantitative estimate of drug-likeness (QED) is 0.566. The Bertz CT molecular complexity index is 283. The Labute approximate surface area is 78.8 Å². The van der Waals surface area contributed by atoms with Gasteiger partial charge >= 0.3 is 0 Å². The summed E-state index contributed by atoms with van der Waals surface area (Å²) >= 11 is 0. The lowest BCUT2D eigenvalue weighted by atomic mass is 9.94. The van der Waals surface area contributed by atoms with Crippen molar-refractivity contribution in [1.82, 2.24) is 0 Å². The smallest absolute Gasteiger partial charge is 0.120 e. The average Bonchev–Trinajstić information content (AvgIpc) is 2.14. The van der Waals surface area contributed by atoms with Gasteiger partial charge in [-0.1, -0.05) is 19.1 Å². The van der Waals surface area contributed by atoms with E-state index in [9.17, 15) is 4.79 Å². The lowest BCUT2D eigenvalue weighted by Gasteiger charge is -2.11. The molecule has 0 spiro atoms. The molecular formula is C11H15NO. The molecule has 0 aliphatic carbocycles. The van der Waals surface area contributed by atoms with Crippen molar-refractivity contribution in [3.8, 4) is 0 Å². The second-order valence-corrected chi connectivity index (χ2v) is 3.18. The topological polar surface area (TPSA) is 43.1 Å². The number of carbonyl (C=O) groups is 1. The summed E-state index contributed by atoms with van der Waals surface area (Å²) in [6.07, 6.45) is 2.53. The Hall–Kier alpha value is -1.31. The number of hydrogen-bond donors (Lipinski definition) is 1. The minimum Gasteiger partial charge on any atom is -0.399 e. The minimum atomic E-state index is 0.320. The lowest BCUT2D eigenvalue weighted by molar-refractivity contribution is -0.108. The van der Waals surface area contributed by atoms with Crippen LogP contribution in [0.3, 0.4) is 0 Å². The van der Waals surface area contributed by atoms with Gasteiger partial charge in [0.25, 0.3) is 0 Å². The summed E-state index contributed by atoms with van der Waals surface area (Å²) < 4.78 is 0. The van der Waals surface area contributed by atoms with Crippen molar-refractivity contribution in [2.24, 2.45) is 0 Å². The molecule has 0 aliphatic heterocycles. The number of benzene rings is 1. The molecule has 1 unspecified atom stereocenters. The zero-order valence-corrected chi connectivity index (χ0v) is 7.86. The number of rotatable bonds is 4. The predicted molar refractivity (Wildman–Crippen MR) is 54.6 cm³/mol. The monoisotopic (exact) mass is 177 g/mol. The highest BCUT2D eigenvalue weighted by atomic mass is 16.1. The van der Waals surface area contributed by atoms with E-state index in [4.69, 9.17) is 5.73 Å². The molecule has 0 aromatic heterocycles. The van der Waals surface area contributed by atoms with Gasteiger partial charge in [-0.2, -0.15) is 0 Å². The molecule has 2 N–H and O–H groups in total. The highest BCUT2D eigenvalue weighted by Gasteiger charge is 2.07. The van der Waals surface area contributed by atoms with Crippen molar-refractivity contribution < 1.29 is 4.79 Å². The van der Waals surface area contributed by atoms with Gasteiger partial charge in [0, 0.05) is 12.1 Å². The molecule has 1 rings (SSSR count). The van der Waals surface area contributed by atoms with Crippen LogP contribution in [0.5, 0.6) is 0 Å². The number of anilines is 1. The van der Waals surface area contributed by atoms with Gasteiger partial charge in [-0.25, -0.2) is 0 Å². The van der Waals surface area contributed by atoms with Gasteiger partial charge in [0.1, 0.15) is 6.29 Å². The van der Waals surface area contributed by atoms with Gasteiger partial charge in [-0.3, -0.25) is 0 Å². The van der Waals surface area contributed by atoms with Crippen molar-refractivity contribution in [2.75, 3.05) is 5.73 Å². The first-order chi connectivity index (χ1) is 6.27. The molecule has 1 atom stereocenters. The average molecular weight is 177 g/mol.